The molecule has 30 heavy (non-hydrogen) atoms. The van der Waals surface area contributed by atoms with Crippen molar-refractivity contribution >= 4 is 25.8 Å². The molecule has 1 aliphatic heterocycles. The molecule has 1 heterocycles. The van der Waals surface area contributed by atoms with Gasteiger partial charge >= 0.3 is 0 Å². The number of rotatable bonds is 4. The number of carbonyl (C=O) groups is 2. The third-order valence-corrected chi connectivity index (χ3v) is 12.4. The normalized spacial score (nSPS) is 31.3. The summed E-state index contributed by atoms with van der Waals surface area (Å²) in [6.45, 7) is 15.7. The van der Waals surface area contributed by atoms with Gasteiger partial charge < -0.3 is 4.43 Å². The van der Waals surface area contributed by atoms with E-state index in [1.165, 1.54) is 4.90 Å². The summed E-state index contributed by atoms with van der Waals surface area (Å²) < 4.78 is 6.76. The van der Waals surface area contributed by atoms with E-state index >= 15 is 0 Å². The van der Waals surface area contributed by atoms with E-state index in [-0.39, 0.29) is 40.5 Å². The second kappa shape index (κ2) is 7.08. The molecule has 3 aliphatic carbocycles. The highest BCUT2D eigenvalue weighted by atomic mass is 28.4. The second-order valence-corrected chi connectivity index (χ2v) is 15.9. The van der Waals surface area contributed by atoms with Crippen molar-refractivity contribution in [3.05, 3.63) is 42.2 Å². The summed E-state index contributed by atoms with van der Waals surface area (Å²) in [7, 11) is -2.02. The molecular weight excluding hydrogens is 390 g/mol. The minimum Gasteiger partial charge on any atom is -0.547 e. The molecule has 2 amide bonds. The van der Waals surface area contributed by atoms with Gasteiger partial charge in [-0.3, -0.25) is 14.5 Å². The van der Waals surface area contributed by atoms with Crippen molar-refractivity contribution in [3.63, 3.8) is 0 Å². The predicted molar refractivity (Wildman–Crippen MR) is 122 cm³/mol. The highest BCUT2D eigenvalue weighted by Crippen LogP contribution is 2.58. The van der Waals surface area contributed by atoms with Gasteiger partial charge in [0.15, 0.2) is 0 Å². The molecule has 2 fully saturated rings. The summed E-state index contributed by atoms with van der Waals surface area (Å²) in [6, 6.07) is 9.39. The van der Waals surface area contributed by atoms with Gasteiger partial charge in [0.05, 0.1) is 23.3 Å². The Labute approximate surface area is 181 Å². The zero-order chi connectivity index (χ0) is 22.0. The third kappa shape index (κ3) is 3.17. The van der Waals surface area contributed by atoms with Crippen molar-refractivity contribution in [2.24, 2.45) is 35.5 Å². The Morgan fingerprint density at radius 3 is 2.20 bits per heavy atom. The first-order valence-electron chi connectivity index (χ1n) is 11.3. The molecule has 4 nitrogen and oxygen atoms in total. The van der Waals surface area contributed by atoms with Gasteiger partial charge in [0.1, 0.15) is 0 Å². The van der Waals surface area contributed by atoms with Crippen LogP contribution >= 0.6 is 0 Å². The van der Waals surface area contributed by atoms with Gasteiger partial charge in [0, 0.05) is 5.92 Å². The summed E-state index contributed by atoms with van der Waals surface area (Å²) in [5, 5.41) is 0.0902. The van der Waals surface area contributed by atoms with Gasteiger partial charge in [-0.2, -0.15) is 0 Å². The van der Waals surface area contributed by atoms with Crippen molar-refractivity contribution in [1.29, 1.82) is 0 Å². The Kier molecular flexibility index (Phi) is 5.04. The van der Waals surface area contributed by atoms with Crippen molar-refractivity contribution in [2.45, 2.75) is 59.2 Å². The maximum atomic E-state index is 13.6. The summed E-state index contributed by atoms with van der Waals surface area (Å²) in [4.78, 5) is 28.5. The van der Waals surface area contributed by atoms with Crippen LogP contribution in [0.5, 0.6) is 0 Å². The van der Waals surface area contributed by atoms with E-state index in [0.717, 1.165) is 12.2 Å². The van der Waals surface area contributed by atoms with E-state index in [1.54, 1.807) is 0 Å². The maximum Gasteiger partial charge on any atom is 0.250 e. The minimum atomic E-state index is -2.02. The standard InChI is InChI=1S/C25H35NO3Si/c1-15(2)17-13-19-20(29-30(6,7)25(3,4)5)14-18(17)21-22(19)24(28)26(23(21)27)16-11-9-8-10-12-16/h8-12,14-15,17-19,21-22H,13H2,1-7H3/t17-,18+,19+,21+,22-/m1/s1. The van der Waals surface area contributed by atoms with E-state index in [9.17, 15) is 9.59 Å². The SMILES string of the molecule is CC(C)[C@H]1C[C@H]2C(O[Si](C)(C)C(C)(C)C)=C[C@@H]1[C@@H]1C(=O)N(c3ccccc3)C(=O)[C@@H]12. The Morgan fingerprint density at radius 2 is 1.63 bits per heavy atom. The van der Waals surface area contributed by atoms with E-state index in [2.05, 4.69) is 53.8 Å². The summed E-state index contributed by atoms with van der Waals surface area (Å²) >= 11 is 0. The fraction of sp³-hybridized carbons (Fsp3) is 0.600. The number of imide groups is 1. The number of fused-ring (bicyclic) bond motifs is 1. The zero-order valence-corrected chi connectivity index (χ0v) is 20.3. The number of anilines is 1. The van der Waals surface area contributed by atoms with Gasteiger partial charge in [-0.25, -0.2) is 0 Å². The molecule has 5 atom stereocenters. The molecule has 0 unspecified atom stereocenters. The zero-order valence-electron chi connectivity index (χ0n) is 19.3. The summed E-state index contributed by atoms with van der Waals surface area (Å²) in [6.07, 6.45) is 3.17. The van der Waals surface area contributed by atoms with Crippen LogP contribution in [0.2, 0.25) is 18.1 Å². The van der Waals surface area contributed by atoms with Crippen LogP contribution in [-0.4, -0.2) is 20.1 Å². The third-order valence-electron chi connectivity index (χ3n) is 8.04. The molecule has 162 valence electrons. The Morgan fingerprint density at radius 1 is 1.03 bits per heavy atom. The van der Waals surface area contributed by atoms with Crippen molar-refractivity contribution in [1.82, 2.24) is 0 Å². The molecule has 1 aromatic rings. The number of carbonyl (C=O) groups excluding carboxylic acids is 2. The minimum absolute atomic E-state index is 0.00619. The quantitative estimate of drug-likeness (QED) is 0.465. The van der Waals surface area contributed by atoms with Crippen LogP contribution in [0.1, 0.15) is 41.0 Å². The maximum absolute atomic E-state index is 13.6. The van der Waals surface area contributed by atoms with Crippen molar-refractivity contribution in [2.75, 3.05) is 4.90 Å². The van der Waals surface area contributed by atoms with Gasteiger partial charge in [-0.1, -0.05) is 52.8 Å². The molecule has 1 aromatic carbocycles. The number of para-hydroxylation sites is 1. The van der Waals surface area contributed by atoms with Crippen LogP contribution in [0, 0.1) is 35.5 Å². The van der Waals surface area contributed by atoms with Gasteiger partial charge in [0.2, 0.25) is 20.1 Å². The van der Waals surface area contributed by atoms with E-state index in [0.29, 0.717) is 17.5 Å². The van der Waals surface area contributed by atoms with E-state index in [1.807, 2.05) is 30.3 Å². The lowest BCUT2D eigenvalue weighted by Crippen LogP contribution is -2.50. The lowest BCUT2D eigenvalue weighted by Gasteiger charge is -2.50. The first kappa shape index (κ1) is 21.4. The molecule has 0 radical (unpaired) electrons. The highest BCUT2D eigenvalue weighted by Gasteiger charge is 2.62. The molecule has 0 N–H and O–H groups in total. The van der Waals surface area contributed by atoms with Crippen LogP contribution < -0.4 is 4.90 Å². The molecule has 1 saturated carbocycles. The molecule has 5 rings (SSSR count). The van der Waals surface area contributed by atoms with Crippen molar-refractivity contribution < 1.29 is 14.0 Å². The monoisotopic (exact) mass is 425 g/mol. The van der Waals surface area contributed by atoms with Crippen LogP contribution in [-0.2, 0) is 14.0 Å². The molecule has 4 aliphatic rings. The topological polar surface area (TPSA) is 46.6 Å². The molecule has 5 heteroatoms. The number of hydrogen-bond acceptors (Lipinski definition) is 3. The average Bonchev–Trinajstić information content (AvgIpc) is 2.93. The van der Waals surface area contributed by atoms with Crippen molar-refractivity contribution in [3.8, 4) is 0 Å². The fourth-order valence-electron chi connectivity index (χ4n) is 5.34. The summed E-state index contributed by atoms with van der Waals surface area (Å²) in [5.74, 6) is 1.33. The lowest BCUT2D eigenvalue weighted by molar-refractivity contribution is -0.128. The number of benzene rings is 1. The fourth-order valence-corrected chi connectivity index (χ4v) is 6.46. The number of amides is 2. The predicted octanol–water partition coefficient (Wildman–Crippen LogP) is 5.62. The first-order valence-corrected chi connectivity index (χ1v) is 14.2. The molecule has 0 aromatic heterocycles. The molecular formula is C25H35NO3Si. The Hall–Kier alpha value is -1.88. The number of nitrogens with zero attached hydrogens (tertiary/aromatic N) is 1. The van der Waals surface area contributed by atoms with Crippen LogP contribution in [0.15, 0.2) is 42.2 Å². The first-order chi connectivity index (χ1) is 13.9. The average molecular weight is 426 g/mol. The van der Waals surface area contributed by atoms with Crippen LogP contribution in [0.4, 0.5) is 5.69 Å². The smallest absolute Gasteiger partial charge is 0.250 e. The molecule has 2 bridgehead atoms. The largest absolute Gasteiger partial charge is 0.547 e. The Balaban J connectivity index is 1.73. The van der Waals surface area contributed by atoms with Gasteiger partial charge in [-0.05, 0) is 60.5 Å². The molecule has 1 saturated heterocycles. The highest BCUT2D eigenvalue weighted by molar-refractivity contribution is 6.74. The van der Waals surface area contributed by atoms with Gasteiger partial charge in [-0.15, -0.1) is 0 Å². The number of allylic oxidation sites excluding steroid dienone is 2. The summed E-state index contributed by atoms with van der Waals surface area (Å²) in [5.41, 5.74) is 0.689. The Bertz CT molecular complexity index is 883. The number of hydrogen-bond donors (Lipinski definition) is 0. The van der Waals surface area contributed by atoms with E-state index in [4.69, 9.17) is 4.43 Å². The second-order valence-electron chi connectivity index (χ2n) is 11.2. The molecule has 0 spiro atoms. The lowest BCUT2D eigenvalue weighted by atomic mass is 9.56. The van der Waals surface area contributed by atoms with Crippen LogP contribution in [0.3, 0.4) is 0 Å². The van der Waals surface area contributed by atoms with Gasteiger partial charge in [0.25, 0.3) is 0 Å². The van der Waals surface area contributed by atoms with E-state index < -0.39 is 8.32 Å². The van der Waals surface area contributed by atoms with Crippen LogP contribution in [0.25, 0.3) is 0 Å².